The van der Waals surface area contributed by atoms with Gasteiger partial charge in [-0.25, -0.2) is 29.1 Å². The molecule has 0 saturated heterocycles. The van der Waals surface area contributed by atoms with Gasteiger partial charge in [0.1, 0.15) is 24.7 Å². The molecule has 14 heteroatoms. The van der Waals surface area contributed by atoms with E-state index >= 15 is 0 Å². The molecule has 278 valence electrons. The molecular formula is C39H42N4O10. The van der Waals surface area contributed by atoms with Crippen LogP contribution in [-0.2, 0) is 28.5 Å². The SMILES string of the molecule is C=C(C)C(=O)OCCOCCNC(=O)Oc1ccc(-c2nc3ccc(C)cc3nc2-c2ccc(OC(=O)NCCOCCOC(=O)C(=C)C)cc2)cc1. The molecule has 0 atom stereocenters. The number of benzene rings is 3. The summed E-state index contributed by atoms with van der Waals surface area (Å²) in [5, 5.41) is 5.21. The van der Waals surface area contributed by atoms with Crippen LogP contribution in [0, 0.1) is 6.92 Å². The number of aryl methyl sites for hydroxylation is 1. The Labute approximate surface area is 307 Å². The summed E-state index contributed by atoms with van der Waals surface area (Å²) in [7, 11) is 0. The van der Waals surface area contributed by atoms with Crippen LogP contribution in [0.4, 0.5) is 9.59 Å². The monoisotopic (exact) mass is 726 g/mol. The summed E-state index contributed by atoms with van der Waals surface area (Å²) in [6.45, 7) is 13.5. The minimum atomic E-state index is -0.653. The number of hydrogen-bond acceptors (Lipinski definition) is 12. The average molecular weight is 727 g/mol. The van der Waals surface area contributed by atoms with Gasteiger partial charge in [-0.3, -0.25) is 0 Å². The van der Waals surface area contributed by atoms with Crippen LogP contribution in [0.5, 0.6) is 11.5 Å². The Hall–Kier alpha value is -6.12. The second kappa shape index (κ2) is 20.1. The lowest BCUT2D eigenvalue weighted by Crippen LogP contribution is -2.30. The van der Waals surface area contributed by atoms with Gasteiger partial charge in [-0.1, -0.05) is 19.2 Å². The number of nitrogens with zero attached hydrogens (tertiary/aromatic N) is 2. The minimum absolute atomic E-state index is 0.0856. The molecule has 0 aliphatic carbocycles. The molecule has 4 aromatic rings. The quantitative estimate of drug-likeness (QED) is 0.0727. The fourth-order valence-electron chi connectivity index (χ4n) is 4.50. The molecule has 0 aliphatic rings. The number of hydrogen-bond donors (Lipinski definition) is 2. The standard InChI is InChI=1S/C39H42N4O10/c1-25(2)36(44)50-22-20-48-18-16-40-38(46)52-30-11-7-28(8-12-30)34-35(43-33-24-27(5)6-15-32(33)42-34)29-9-13-31(14-10-29)53-39(47)41-17-19-49-21-23-51-37(45)26(3)4/h6-15,24H,1,3,16-23H2,2,4-5H3,(H,40,46)(H,41,47). The molecule has 1 heterocycles. The van der Waals surface area contributed by atoms with Gasteiger partial charge in [0.2, 0.25) is 0 Å². The highest BCUT2D eigenvalue weighted by Gasteiger charge is 2.15. The van der Waals surface area contributed by atoms with Crippen molar-refractivity contribution in [3.63, 3.8) is 0 Å². The van der Waals surface area contributed by atoms with E-state index in [0.29, 0.717) is 45.1 Å². The molecule has 3 aromatic carbocycles. The number of ether oxygens (including phenoxy) is 6. The number of carbonyl (C=O) groups is 4. The van der Waals surface area contributed by atoms with Gasteiger partial charge in [-0.2, -0.15) is 0 Å². The first kappa shape index (κ1) is 39.7. The van der Waals surface area contributed by atoms with Gasteiger partial charge in [0, 0.05) is 35.4 Å². The zero-order chi connectivity index (χ0) is 38.2. The number of esters is 2. The summed E-state index contributed by atoms with van der Waals surface area (Å²) in [6, 6.07) is 19.6. The van der Waals surface area contributed by atoms with Gasteiger partial charge in [0.15, 0.2) is 0 Å². The maximum atomic E-state index is 12.3. The van der Waals surface area contributed by atoms with Crippen molar-refractivity contribution in [2.24, 2.45) is 0 Å². The number of amides is 2. The molecule has 2 N–H and O–H groups in total. The topological polar surface area (TPSA) is 173 Å². The van der Waals surface area contributed by atoms with Gasteiger partial charge >= 0.3 is 24.1 Å². The van der Waals surface area contributed by atoms with Crippen molar-refractivity contribution in [2.75, 3.05) is 52.7 Å². The molecule has 0 spiro atoms. The number of fused-ring (bicyclic) bond motifs is 1. The maximum Gasteiger partial charge on any atom is 0.412 e. The summed E-state index contributed by atoms with van der Waals surface area (Å²) >= 11 is 0. The Balaban J connectivity index is 1.33. The molecule has 0 aliphatic heterocycles. The molecule has 14 nitrogen and oxygen atoms in total. The average Bonchev–Trinajstić information content (AvgIpc) is 3.13. The third-order valence-electron chi connectivity index (χ3n) is 7.15. The Morgan fingerprint density at radius 2 is 1.02 bits per heavy atom. The first-order chi connectivity index (χ1) is 25.5. The van der Waals surface area contributed by atoms with Gasteiger partial charge in [0.25, 0.3) is 0 Å². The van der Waals surface area contributed by atoms with Crippen LogP contribution < -0.4 is 20.1 Å². The maximum absolute atomic E-state index is 12.3. The molecule has 0 radical (unpaired) electrons. The van der Waals surface area contributed by atoms with E-state index in [4.69, 9.17) is 38.4 Å². The lowest BCUT2D eigenvalue weighted by molar-refractivity contribution is -0.141. The second-order valence-corrected chi connectivity index (χ2v) is 11.7. The van der Waals surface area contributed by atoms with Crippen molar-refractivity contribution in [2.45, 2.75) is 20.8 Å². The summed E-state index contributed by atoms with van der Waals surface area (Å²) in [5.41, 5.74) is 5.75. The molecule has 0 unspecified atom stereocenters. The molecule has 1 aromatic heterocycles. The van der Waals surface area contributed by atoms with Crippen molar-refractivity contribution < 1.29 is 47.6 Å². The lowest BCUT2D eigenvalue weighted by Gasteiger charge is -2.13. The Bertz CT molecular complexity index is 1930. The molecule has 0 saturated carbocycles. The van der Waals surface area contributed by atoms with Crippen molar-refractivity contribution >= 4 is 35.2 Å². The third-order valence-corrected chi connectivity index (χ3v) is 7.15. The van der Waals surface area contributed by atoms with Gasteiger partial charge in [-0.05, 0) is 87.0 Å². The Kier molecular flexibility index (Phi) is 15.0. The zero-order valence-electron chi connectivity index (χ0n) is 29.9. The second-order valence-electron chi connectivity index (χ2n) is 11.7. The van der Waals surface area contributed by atoms with Crippen LogP contribution in [-0.4, -0.2) is 86.8 Å². The Morgan fingerprint density at radius 3 is 1.45 bits per heavy atom. The van der Waals surface area contributed by atoms with Gasteiger partial charge in [0.05, 0.1) is 48.8 Å². The van der Waals surface area contributed by atoms with Crippen molar-refractivity contribution in [3.05, 3.63) is 96.6 Å². The molecule has 53 heavy (non-hydrogen) atoms. The van der Waals surface area contributed by atoms with E-state index in [1.807, 2.05) is 25.1 Å². The van der Waals surface area contributed by atoms with E-state index in [0.717, 1.165) is 16.7 Å². The number of rotatable bonds is 18. The molecular weight excluding hydrogens is 684 g/mol. The van der Waals surface area contributed by atoms with E-state index < -0.39 is 24.1 Å². The normalized spacial score (nSPS) is 10.6. The van der Waals surface area contributed by atoms with Crippen molar-refractivity contribution in [1.82, 2.24) is 20.6 Å². The fourth-order valence-corrected chi connectivity index (χ4v) is 4.50. The van der Waals surface area contributed by atoms with E-state index in [9.17, 15) is 19.2 Å². The van der Waals surface area contributed by atoms with Crippen LogP contribution in [0.25, 0.3) is 33.5 Å². The lowest BCUT2D eigenvalue weighted by atomic mass is 10.0. The van der Waals surface area contributed by atoms with Crippen LogP contribution >= 0.6 is 0 Å². The van der Waals surface area contributed by atoms with Crippen LogP contribution in [0.2, 0.25) is 0 Å². The first-order valence-corrected chi connectivity index (χ1v) is 16.7. The third kappa shape index (κ3) is 12.9. The predicted molar refractivity (Wildman–Crippen MR) is 196 cm³/mol. The summed E-state index contributed by atoms with van der Waals surface area (Å²) in [4.78, 5) is 57.2. The Morgan fingerprint density at radius 1 is 0.585 bits per heavy atom. The van der Waals surface area contributed by atoms with Crippen molar-refractivity contribution in [1.29, 1.82) is 0 Å². The zero-order valence-corrected chi connectivity index (χ0v) is 29.9. The fraction of sp³-hybridized carbons (Fsp3) is 0.282. The largest absolute Gasteiger partial charge is 0.460 e. The van der Waals surface area contributed by atoms with Crippen LogP contribution in [0.1, 0.15) is 19.4 Å². The van der Waals surface area contributed by atoms with Gasteiger partial charge in [-0.15, -0.1) is 0 Å². The van der Waals surface area contributed by atoms with E-state index in [-0.39, 0.29) is 52.7 Å². The van der Waals surface area contributed by atoms with E-state index in [1.165, 1.54) is 0 Å². The molecule has 0 fully saturated rings. The summed E-state index contributed by atoms with van der Waals surface area (Å²) < 4.78 is 31.4. The first-order valence-electron chi connectivity index (χ1n) is 16.7. The van der Waals surface area contributed by atoms with E-state index in [1.54, 1.807) is 62.4 Å². The molecule has 0 bridgehead atoms. The van der Waals surface area contributed by atoms with Crippen LogP contribution in [0.3, 0.4) is 0 Å². The predicted octanol–water partition coefficient (Wildman–Crippen LogP) is 5.72. The highest BCUT2D eigenvalue weighted by molar-refractivity contribution is 5.88. The van der Waals surface area contributed by atoms with E-state index in [2.05, 4.69) is 23.8 Å². The minimum Gasteiger partial charge on any atom is -0.460 e. The highest BCUT2D eigenvalue weighted by atomic mass is 16.6. The number of aromatic nitrogens is 2. The number of carbonyl (C=O) groups excluding carboxylic acids is 4. The van der Waals surface area contributed by atoms with Gasteiger partial charge < -0.3 is 39.1 Å². The summed E-state index contributed by atoms with van der Waals surface area (Å²) in [6.07, 6.45) is -1.31. The smallest absolute Gasteiger partial charge is 0.412 e. The van der Waals surface area contributed by atoms with Crippen molar-refractivity contribution in [3.8, 4) is 34.0 Å². The molecule has 4 rings (SSSR count). The summed E-state index contributed by atoms with van der Waals surface area (Å²) in [5.74, 6) is -0.329. The molecule has 2 amide bonds. The van der Waals surface area contributed by atoms with Crippen LogP contribution in [0.15, 0.2) is 91.0 Å². The highest BCUT2D eigenvalue weighted by Crippen LogP contribution is 2.33. The number of nitrogens with one attached hydrogen (secondary N) is 2.